The van der Waals surface area contributed by atoms with Crippen molar-refractivity contribution in [3.05, 3.63) is 0 Å². The molecule has 184 valence electrons. The van der Waals surface area contributed by atoms with E-state index < -0.39 is 0 Å². The number of amides is 1. The first kappa shape index (κ1) is 25.3. The van der Waals surface area contributed by atoms with Crippen LogP contribution >= 0.6 is 0 Å². The fourth-order valence-electron chi connectivity index (χ4n) is 5.84. The Bertz CT molecular complexity index is 629. The number of likely N-dealkylation sites (tertiary alicyclic amines) is 1. The Balaban J connectivity index is 1.44. The van der Waals surface area contributed by atoms with Gasteiger partial charge < -0.3 is 19.9 Å². The normalized spacial score (nSPS) is 31.0. The van der Waals surface area contributed by atoms with Gasteiger partial charge in [-0.2, -0.15) is 0 Å². The summed E-state index contributed by atoms with van der Waals surface area (Å²) in [5, 5.41) is 3.63. The number of ether oxygens (including phenoxy) is 1. The molecule has 1 N–H and O–H groups in total. The summed E-state index contributed by atoms with van der Waals surface area (Å²) in [6.07, 6.45) is 3.86. The highest BCUT2D eigenvalue weighted by molar-refractivity contribution is 5.80. The van der Waals surface area contributed by atoms with Crippen molar-refractivity contribution in [3.8, 4) is 0 Å². The largest absolute Gasteiger partial charge is 0.377 e. The van der Waals surface area contributed by atoms with Crippen LogP contribution < -0.4 is 5.32 Å². The van der Waals surface area contributed by atoms with E-state index >= 15 is 0 Å². The molecule has 0 aromatic carbocycles. The van der Waals surface area contributed by atoms with Gasteiger partial charge in [-0.05, 0) is 36.5 Å². The lowest BCUT2D eigenvalue weighted by Gasteiger charge is -2.41. The second-order valence-electron chi connectivity index (χ2n) is 11.5. The topological polar surface area (TPSA) is 60.4 Å². The summed E-state index contributed by atoms with van der Waals surface area (Å²) in [7, 11) is 1.87. The number of hydrogen-bond donors (Lipinski definition) is 1. The van der Waals surface area contributed by atoms with Crippen LogP contribution in [-0.2, 0) is 9.53 Å². The number of carbonyl (C=O) groups is 1. The van der Waals surface area contributed by atoms with E-state index in [2.05, 4.69) is 59.6 Å². The van der Waals surface area contributed by atoms with E-state index in [-0.39, 0.29) is 11.5 Å². The fraction of sp³-hybridized carbons (Fsp3) is 0.920. The maximum atomic E-state index is 12.8. The van der Waals surface area contributed by atoms with Crippen LogP contribution in [0.25, 0.3) is 0 Å². The monoisotopic (exact) mass is 449 g/mol. The minimum Gasteiger partial charge on any atom is -0.377 e. The molecule has 0 saturated carbocycles. The molecule has 0 aromatic rings. The minimum absolute atomic E-state index is 0.151. The van der Waals surface area contributed by atoms with Gasteiger partial charge in [-0.1, -0.05) is 34.6 Å². The van der Waals surface area contributed by atoms with Crippen molar-refractivity contribution >= 4 is 11.9 Å². The van der Waals surface area contributed by atoms with Gasteiger partial charge in [0.2, 0.25) is 5.91 Å². The number of nitrogens with zero attached hydrogens (tertiary/aromatic N) is 4. The van der Waals surface area contributed by atoms with E-state index in [1.807, 2.05) is 7.05 Å². The van der Waals surface area contributed by atoms with Gasteiger partial charge >= 0.3 is 0 Å². The molecule has 3 fully saturated rings. The molecule has 3 saturated heterocycles. The molecule has 0 aliphatic carbocycles. The smallest absolute Gasteiger partial charge is 0.236 e. The van der Waals surface area contributed by atoms with Crippen molar-refractivity contribution in [2.75, 3.05) is 66.0 Å². The number of piperazine rings is 1. The van der Waals surface area contributed by atoms with Crippen LogP contribution in [0.4, 0.5) is 0 Å². The van der Waals surface area contributed by atoms with Crippen molar-refractivity contribution < 1.29 is 9.53 Å². The SMILES string of the molecule is CN=C(NCC1CCCOC1C(C)(C)C)N1CCN(CC(=O)N2CC(C)CC(C)C2)CC1. The van der Waals surface area contributed by atoms with Crippen LogP contribution in [0.15, 0.2) is 4.99 Å². The standard InChI is InChI=1S/C25H47N5O2/c1-19-14-20(2)17-30(16-19)22(31)18-28-9-11-29(12-10-28)24(26-6)27-15-21-8-7-13-32-23(21)25(3,4)5/h19-21,23H,7-18H2,1-6H3,(H,26,27). The van der Waals surface area contributed by atoms with Crippen molar-refractivity contribution in [2.24, 2.45) is 28.2 Å². The zero-order valence-corrected chi connectivity index (χ0v) is 21.4. The predicted octanol–water partition coefficient (Wildman–Crippen LogP) is 2.53. The molecule has 7 heteroatoms. The molecule has 0 radical (unpaired) electrons. The minimum atomic E-state index is 0.151. The van der Waals surface area contributed by atoms with Gasteiger partial charge in [-0.15, -0.1) is 0 Å². The van der Waals surface area contributed by atoms with Crippen LogP contribution in [0.2, 0.25) is 0 Å². The predicted molar refractivity (Wildman–Crippen MR) is 131 cm³/mol. The first-order chi connectivity index (χ1) is 15.2. The Morgan fingerprint density at radius 3 is 2.31 bits per heavy atom. The van der Waals surface area contributed by atoms with Gasteiger partial charge in [0.25, 0.3) is 0 Å². The van der Waals surface area contributed by atoms with Crippen molar-refractivity contribution in [2.45, 2.75) is 60.0 Å². The molecular weight excluding hydrogens is 402 g/mol. The van der Waals surface area contributed by atoms with Gasteiger partial charge in [0.05, 0.1) is 12.6 Å². The van der Waals surface area contributed by atoms with Crippen LogP contribution in [0.5, 0.6) is 0 Å². The maximum absolute atomic E-state index is 12.8. The summed E-state index contributed by atoms with van der Waals surface area (Å²) >= 11 is 0. The Morgan fingerprint density at radius 1 is 1.06 bits per heavy atom. The molecule has 7 nitrogen and oxygen atoms in total. The highest BCUT2D eigenvalue weighted by Gasteiger charge is 2.35. The number of hydrogen-bond acceptors (Lipinski definition) is 4. The lowest BCUT2D eigenvalue weighted by molar-refractivity contribution is -0.135. The van der Waals surface area contributed by atoms with Crippen LogP contribution in [0, 0.1) is 23.2 Å². The summed E-state index contributed by atoms with van der Waals surface area (Å²) in [6.45, 7) is 19.1. The van der Waals surface area contributed by atoms with E-state index in [0.717, 1.165) is 64.8 Å². The molecule has 3 aliphatic rings. The Morgan fingerprint density at radius 2 is 1.72 bits per heavy atom. The first-order valence-corrected chi connectivity index (χ1v) is 12.7. The summed E-state index contributed by atoms with van der Waals surface area (Å²) in [4.78, 5) is 24.1. The van der Waals surface area contributed by atoms with Gasteiger partial charge in [0, 0.05) is 65.4 Å². The molecule has 0 bridgehead atoms. The molecule has 0 aromatic heterocycles. The Kier molecular flexibility index (Phi) is 8.84. The quantitative estimate of drug-likeness (QED) is 0.528. The summed E-state index contributed by atoms with van der Waals surface area (Å²) in [5.74, 6) is 3.01. The molecule has 0 spiro atoms. The van der Waals surface area contributed by atoms with Crippen molar-refractivity contribution in [1.29, 1.82) is 0 Å². The van der Waals surface area contributed by atoms with Gasteiger partial charge in [0.1, 0.15) is 0 Å². The summed E-state index contributed by atoms with van der Waals surface area (Å²) in [6, 6.07) is 0. The van der Waals surface area contributed by atoms with Gasteiger partial charge in [-0.3, -0.25) is 14.7 Å². The van der Waals surface area contributed by atoms with Crippen LogP contribution in [0.3, 0.4) is 0 Å². The third-order valence-electron chi connectivity index (χ3n) is 7.28. The third-order valence-corrected chi connectivity index (χ3v) is 7.28. The highest BCUT2D eigenvalue weighted by Crippen LogP contribution is 2.33. The molecule has 32 heavy (non-hydrogen) atoms. The Hall–Kier alpha value is -1.34. The van der Waals surface area contributed by atoms with Gasteiger partial charge in [-0.25, -0.2) is 0 Å². The molecule has 4 unspecified atom stereocenters. The average Bonchev–Trinajstić information content (AvgIpc) is 2.74. The molecule has 3 rings (SSSR count). The number of guanidine groups is 1. The molecule has 3 heterocycles. The number of nitrogens with one attached hydrogen (secondary N) is 1. The zero-order chi connectivity index (χ0) is 23.3. The first-order valence-electron chi connectivity index (χ1n) is 12.7. The third kappa shape index (κ3) is 6.83. The maximum Gasteiger partial charge on any atom is 0.236 e. The van der Waals surface area contributed by atoms with Crippen LogP contribution in [0.1, 0.15) is 53.9 Å². The number of piperidine rings is 1. The zero-order valence-electron chi connectivity index (χ0n) is 21.4. The number of rotatable bonds is 4. The second-order valence-corrected chi connectivity index (χ2v) is 11.5. The lowest BCUT2D eigenvalue weighted by atomic mass is 9.78. The summed E-state index contributed by atoms with van der Waals surface area (Å²) < 4.78 is 6.14. The molecular formula is C25H47N5O2. The van der Waals surface area contributed by atoms with E-state index in [1.165, 1.54) is 12.8 Å². The molecule has 3 aliphatic heterocycles. The second kappa shape index (κ2) is 11.2. The lowest BCUT2D eigenvalue weighted by Crippen LogP contribution is -2.56. The van der Waals surface area contributed by atoms with E-state index in [1.54, 1.807) is 0 Å². The van der Waals surface area contributed by atoms with E-state index in [0.29, 0.717) is 30.2 Å². The molecule has 1 amide bonds. The fourth-order valence-corrected chi connectivity index (χ4v) is 5.84. The summed E-state index contributed by atoms with van der Waals surface area (Å²) in [5.41, 5.74) is 0.151. The van der Waals surface area contributed by atoms with E-state index in [4.69, 9.17) is 4.74 Å². The van der Waals surface area contributed by atoms with Crippen molar-refractivity contribution in [3.63, 3.8) is 0 Å². The Labute approximate surface area is 195 Å². The molecule has 4 atom stereocenters. The van der Waals surface area contributed by atoms with Crippen molar-refractivity contribution in [1.82, 2.24) is 20.0 Å². The highest BCUT2D eigenvalue weighted by atomic mass is 16.5. The average molecular weight is 450 g/mol. The number of aliphatic imine (C=N–C) groups is 1. The van der Waals surface area contributed by atoms with Gasteiger partial charge in [0.15, 0.2) is 5.96 Å². The van der Waals surface area contributed by atoms with E-state index in [9.17, 15) is 4.79 Å². The van der Waals surface area contributed by atoms with Crippen LogP contribution in [-0.4, -0.2) is 98.7 Å². The number of carbonyl (C=O) groups excluding carboxylic acids is 1.